The summed E-state index contributed by atoms with van der Waals surface area (Å²) >= 11 is 0. The molecular weight excluding hydrogens is 274 g/mol. The van der Waals surface area contributed by atoms with Gasteiger partial charge in [0.2, 0.25) is 11.5 Å². The summed E-state index contributed by atoms with van der Waals surface area (Å²) in [7, 11) is 0. The molecule has 1 aromatic heterocycles. The number of aliphatic carboxylic acids is 1. The first-order valence-corrected chi connectivity index (χ1v) is 6.02. The van der Waals surface area contributed by atoms with Crippen LogP contribution in [0, 0.1) is 0 Å². The van der Waals surface area contributed by atoms with Crippen LogP contribution in [0.1, 0.15) is 21.6 Å². The molecule has 7 nitrogen and oxygen atoms in total. The number of nitrogens with zero attached hydrogens (tertiary/aromatic N) is 1. The Hall–Kier alpha value is -3.09. The fourth-order valence-corrected chi connectivity index (χ4v) is 1.77. The van der Waals surface area contributed by atoms with Gasteiger partial charge in [0.15, 0.2) is 0 Å². The molecule has 108 valence electrons. The molecule has 0 radical (unpaired) electrons. The van der Waals surface area contributed by atoms with Gasteiger partial charge in [0.25, 0.3) is 0 Å². The molecule has 2 aromatic rings. The second-order valence-corrected chi connectivity index (χ2v) is 4.39. The van der Waals surface area contributed by atoms with E-state index in [0.29, 0.717) is 23.7 Å². The number of carbonyl (C=O) groups excluding carboxylic acids is 1. The molecule has 0 unspecified atom stereocenters. The van der Waals surface area contributed by atoms with E-state index < -0.39 is 17.5 Å². The Morgan fingerprint density at radius 3 is 2.52 bits per heavy atom. The number of nitrogen functional groups attached to an aromatic ring is 1. The zero-order chi connectivity index (χ0) is 15.4. The molecule has 0 atom stereocenters. The molecule has 0 saturated heterocycles. The number of carboxylic acids is 1. The van der Waals surface area contributed by atoms with Gasteiger partial charge in [0.1, 0.15) is 5.69 Å². The lowest BCUT2D eigenvalue weighted by Crippen LogP contribution is -2.06. The molecule has 0 aliphatic rings. The van der Waals surface area contributed by atoms with Crippen molar-refractivity contribution in [1.29, 1.82) is 0 Å². The van der Waals surface area contributed by atoms with Crippen molar-refractivity contribution < 1.29 is 19.8 Å². The lowest BCUT2D eigenvalue weighted by atomic mass is 10.0. The number of allylic oxidation sites excluding steroid dienone is 1. The van der Waals surface area contributed by atoms with Crippen LogP contribution in [0.15, 0.2) is 42.3 Å². The summed E-state index contributed by atoms with van der Waals surface area (Å²) < 4.78 is 0. The van der Waals surface area contributed by atoms with Crippen molar-refractivity contribution in [3.63, 3.8) is 0 Å². The third kappa shape index (κ3) is 3.47. The number of carboxylic acid groups (broad SMARTS) is 1. The topological polar surface area (TPSA) is 129 Å². The van der Waals surface area contributed by atoms with Crippen LogP contribution in [-0.4, -0.2) is 32.2 Å². The fourth-order valence-electron chi connectivity index (χ4n) is 1.77. The molecule has 0 aliphatic heterocycles. The van der Waals surface area contributed by atoms with Crippen LogP contribution in [0.2, 0.25) is 0 Å². The Labute approximate surface area is 119 Å². The van der Waals surface area contributed by atoms with Crippen molar-refractivity contribution in [2.75, 3.05) is 5.73 Å². The van der Waals surface area contributed by atoms with Gasteiger partial charge in [-0.2, -0.15) is 5.10 Å². The van der Waals surface area contributed by atoms with Gasteiger partial charge in [-0.25, -0.2) is 4.79 Å². The fraction of sp³-hybridized carbons (Fsp3) is 0.0714. The number of aliphatic hydroxyl groups is 1. The summed E-state index contributed by atoms with van der Waals surface area (Å²) in [5.41, 5.74) is 7.89. The summed E-state index contributed by atoms with van der Waals surface area (Å²) in [4.78, 5) is 22.4. The van der Waals surface area contributed by atoms with Crippen molar-refractivity contribution >= 4 is 17.4 Å². The smallest absolute Gasteiger partial charge is 0.371 e. The Kier molecular flexibility index (Phi) is 4.03. The SMILES string of the molecule is Nc1ccc(Cc2cn[nH]c2C(=O)C=C(O)C(=O)O)cc1. The normalized spacial score (nSPS) is 11.3. The minimum absolute atomic E-state index is 0.139. The van der Waals surface area contributed by atoms with Crippen molar-refractivity contribution in [3.8, 4) is 0 Å². The van der Waals surface area contributed by atoms with Gasteiger partial charge in [-0.3, -0.25) is 9.89 Å². The van der Waals surface area contributed by atoms with Crippen LogP contribution in [0.4, 0.5) is 5.69 Å². The van der Waals surface area contributed by atoms with E-state index >= 15 is 0 Å². The summed E-state index contributed by atoms with van der Waals surface area (Å²) in [6.45, 7) is 0. The summed E-state index contributed by atoms with van der Waals surface area (Å²) in [5, 5.41) is 23.9. The Morgan fingerprint density at radius 2 is 1.90 bits per heavy atom. The van der Waals surface area contributed by atoms with E-state index in [1.165, 1.54) is 6.20 Å². The quantitative estimate of drug-likeness (QED) is 0.284. The molecule has 7 heteroatoms. The van der Waals surface area contributed by atoms with E-state index in [4.69, 9.17) is 15.9 Å². The predicted octanol–water partition coefficient (Wildman–Crippen LogP) is 1.29. The van der Waals surface area contributed by atoms with Gasteiger partial charge < -0.3 is 15.9 Å². The molecule has 2 rings (SSSR count). The van der Waals surface area contributed by atoms with Gasteiger partial charge >= 0.3 is 5.97 Å². The maximum atomic E-state index is 11.9. The average molecular weight is 287 g/mol. The molecule has 0 saturated carbocycles. The largest absolute Gasteiger partial charge is 0.502 e. The monoisotopic (exact) mass is 287 g/mol. The number of aliphatic hydroxyl groups excluding tert-OH is 1. The molecule has 0 bridgehead atoms. The number of anilines is 1. The molecule has 21 heavy (non-hydrogen) atoms. The molecule has 1 aromatic carbocycles. The third-order valence-corrected chi connectivity index (χ3v) is 2.83. The number of H-pyrrole nitrogens is 1. The van der Waals surface area contributed by atoms with Crippen molar-refractivity contribution in [2.24, 2.45) is 0 Å². The molecule has 5 N–H and O–H groups in total. The summed E-state index contributed by atoms with van der Waals surface area (Å²) in [6.07, 6.45) is 2.55. The first-order valence-electron chi connectivity index (χ1n) is 6.02. The van der Waals surface area contributed by atoms with Crippen molar-refractivity contribution in [1.82, 2.24) is 10.2 Å². The lowest BCUT2D eigenvalue weighted by Gasteiger charge is -2.02. The van der Waals surface area contributed by atoms with Crippen LogP contribution in [0.3, 0.4) is 0 Å². The molecule has 0 fully saturated rings. The second-order valence-electron chi connectivity index (χ2n) is 4.39. The highest BCUT2D eigenvalue weighted by Crippen LogP contribution is 2.15. The zero-order valence-corrected chi connectivity index (χ0v) is 10.9. The molecular formula is C14H13N3O4. The Bertz CT molecular complexity index is 701. The summed E-state index contributed by atoms with van der Waals surface area (Å²) in [6, 6.07) is 7.13. The Morgan fingerprint density at radius 1 is 1.24 bits per heavy atom. The van der Waals surface area contributed by atoms with Gasteiger partial charge in [0, 0.05) is 23.7 Å². The average Bonchev–Trinajstić information content (AvgIpc) is 2.89. The zero-order valence-electron chi connectivity index (χ0n) is 10.9. The van der Waals surface area contributed by atoms with E-state index in [-0.39, 0.29) is 5.69 Å². The van der Waals surface area contributed by atoms with E-state index in [1.54, 1.807) is 12.1 Å². The minimum Gasteiger partial charge on any atom is -0.502 e. The maximum absolute atomic E-state index is 11.9. The van der Waals surface area contributed by atoms with Crippen LogP contribution in [-0.2, 0) is 11.2 Å². The van der Waals surface area contributed by atoms with Gasteiger partial charge in [-0.1, -0.05) is 12.1 Å². The van der Waals surface area contributed by atoms with Gasteiger partial charge in [0.05, 0.1) is 6.20 Å². The number of nitrogens with two attached hydrogens (primary N) is 1. The lowest BCUT2D eigenvalue weighted by molar-refractivity contribution is -0.135. The standard InChI is InChI=1S/C14H13N3O4/c15-10-3-1-8(2-4-10)5-9-7-16-17-13(9)11(18)6-12(19)14(20)21/h1-4,6-7,19H,5,15H2,(H,16,17)(H,20,21). The van der Waals surface area contributed by atoms with E-state index in [1.807, 2.05) is 12.1 Å². The number of benzene rings is 1. The number of aromatic nitrogens is 2. The highest BCUT2D eigenvalue weighted by molar-refractivity contribution is 6.07. The van der Waals surface area contributed by atoms with Crippen LogP contribution in [0.25, 0.3) is 0 Å². The molecule has 0 spiro atoms. The summed E-state index contributed by atoms with van der Waals surface area (Å²) in [5.74, 6) is -3.24. The predicted molar refractivity (Wildman–Crippen MR) is 74.9 cm³/mol. The van der Waals surface area contributed by atoms with E-state index in [0.717, 1.165) is 5.56 Å². The first kappa shape index (κ1) is 14.3. The van der Waals surface area contributed by atoms with Crippen LogP contribution >= 0.6 is 0 Å². The number of rotatable bonds is 5. The van der Waals surface area contributed by atoms with E-state index in [9.17, 15) is 9.59 Å². The number of aromatic amines is 1. The van der Waals surface area contributed by atoms with Crippen molar-refractivity contribution in [3.05, 3.63) is 59.1 Å². The maximum Gasteiger partial charge on any atom is 0.371 e. The number of ketones is 1. The minimum atomic E-state index is -1.57. The number of hydrogen-bond acceptors (Lipinski definition) is 5. The number of hydrogen-bond donors (Lipinski definition) is 4. The number of carbonyl (C=O) groups is 2. The van der Waals surface area contributed by atoms with Gasteiger partial charge in [-0.05, 0) is 17.7 Å². The second kappa shape index (κ2) is 5.91. The highest BCUT2D eigenvalue weighted by atomic mass is 16.4. The van der Waals surface area contributed by atoms with E-state index in [2.05, 4.69) is 10.2 Å². The number of nitrogens with one attached hydrogen (secondary N) is 1. The van der Waals surface area contributed by atoms with Crippen LogP contribution < -0.4 is 5.73 Å². The highest BCUT2D eigenvalue weighted by Gasteiger charge is 2.15. The van der Waals surface area contributed by atoms with Gasteiger partial charge in [-0.15, -0.1) is 0 Å². The molecule has 0 aliphatic carbocycles. The third-order valence-electron chi connectivity index (χ3n) is 2.83. The van der Waals surface area contributed by atoms with Crippen molar-refractivity contribution in [2.45, 2.75) is 6.42 Å². The first-order chi connectivity index (χ1) is 9.97. The molecule has 0 amide bonds. The Balaban J connectivity index is 2.22. The molecule has 1 heterocycles. The van der Waals surface area contributed by atoms with Crippen LogP contribution in [0.5, 0.6) is 0 Å².